The quantitative estimate of drug-likeness (QED) is 0.841. The second kappa shape index (κ2) is 5.94. The molecule has 0 spiro atoms. The third-order valence-electron chi connectivity index (χ3n) is 2.61. The Morgan fingerprint density at radius 2 is 2.21 bits per heavy atom. The van der Waals surface area contributed by atoms with Gasteiger partial charge in [0.05, 0.1) is 14.4 Å². The van der Waals surface area contributed by atoms with Gasteiger partial charge in [-0.2, -0.15) is 0 Å². The fourth-order valence-corrected chi connectivity index (χ4v) is 3.09. The van der Waals surface area contributed by atoms with Crippen molar-refractivity contribution in [3.63, 3.8) is 0 Å². The molecule has 0 fully saturated rings. The molecule has 19 heavy (non-hydrogen) atoms. The van der Waals surface area contributed by atoms with Crippen LogP contribution in [0.3, 0.4) is 0 Å². The number of hydrogen-bond donors (Lipinski definition) is 1. The number of anilines is 1. The molecule has 0 saturated heterocycles. The van der Waals surface area contributed by atoms with E-state index in [4.69, 9.17) is 17.3 Å². The molecular formula is C13H12BrClN2OS. The van der Waals surface area contributed by atoms with Crippen LogP contribution in [-0.4, -0.2) is 17.9 Å². The number of carbonyl (C=O) groups is 1. The van der Waals surface area contributed by atoms with Crippen molar-refractivity contribution in [3.05, 3.63) is 49.6 Å². The minimum absolute atomic E-state index is 0.139. The summed E-state index contributed by atoms with van der Waals surface area (Å²) in [4.78, 5) is 13.9. The smallest absolute Gasteiger partial charge is 0.255 e. The first-order valence-electron chi connectivity index (χ1n) is 5.51. The summed E-state index contributed by atoms with van der Waals surface area (Å²) in [7, 11) is 1.74. The van der Waals surface area contributed by atoms with Crippen LogP contribution in [0.5, 0.6) is 0 Å². The molecule has 1 aromatic carbocycles. The van der Waals surface area contributed by atoms with Crippen molar-refractivity contribution in [1.82, 2.24) is 4.90 Å². The first-order valence-corrected chi connectivity index (χ1v) is 7.56. The van der Waals surface area contributed by atoms with Crippen molar-refractivity contribution >= 4 is 50.5 Å². The molecule has 0 unspecified atom stereocenters. The third-order valence-corrected chi connectivity index (χ3v) is 4.49. The standard InChI is InChI=1S/C13H12BrClN2OS/c1-17(6-8-4-12(14)19-7-8)13(18)10-5-9(16)2-3-11(10)15/h2-5,7H,6,16H2,1H3. The van der Waals surface area contributed by atoms with Crippen molar-refractivity contribution in [3.8, 4) is 0 Å². The van der Waals surface area contributed by atoms with Crippen LogP contribution >= 0.6 is 38.9 Å². The van der Waals surface area contributed by atoms with Crippen LogP contribution < -0.4 is 5.73 Å². The van der Waals surface area contributed by atoms with Gasteiger partial charge in [0, 0.05) is 19.3 Å². The summed E-state index contributed by atoms with van der Waals surface area (Å²) in [6, 6.07) is 6.91. The minimum atomic E-state index is -0.139. The van der Waals surface area contributed by atoms with E-state index in [-0.39, 0.29) is 5.91 Å². The number of nitrogens with two attached hydrogens (primary N) is 1. The lowest BCUT2D eigenvalue weighted by atomic mass is 10.1. The van der Waals surface area contributed by atoms with E-state index in [0.29, 0.717) is 22.8 Å². The van der Waals surface area contributed by atoms with Crippen LogP contribution in [-0.2, 0) is 6.54 Å². The van der Waals surface area contributed by atoms with Crippen LogP contribution in [0.4, 0.5) is 5.69 Å². The Balaban J connectivity index is 2.16. The summed E-state index contributed by atoms with van der Waals surface area (Å²) >= 11 is 11.0. The molecule has 6 heteroatoms. The molecule has 0 aliphatic heterocycles. The van der Waals surface area contributed by atoms with Gasteiger partial charge in [0.2, 0.25) is 0 Å². The molecule has 0 aliphatic carbocycles. The van der Waals surface area contributed by atoms with E-state index in [1.165, 1.54) is 0 Å². The van der Waals surface area contributed by atoms with Gasteiger partial charge >= 0.3 is 0 Å². The highest BCUT2D eigenvalue weighted by Gasteiger charge is 2.16. The third kappa shape index (κ3) is 3.49. The van der Waals surface area contributed by atoms with E-state index in [0.717, 1.165) is 9.35 Å². The number of nitrogens with zero attached hydrogens (tertiary/aromatic N) is 1. The van der Waals surface area contributed by atoms with Gasteiger partial charge < -0.3 is 10.6 Å². The molecule has 2 rings (SSSR count). The molecule has 0 bridgehead atoms. The maximum Gasteiger partial charge on any atom is 0.255 e. The maximum absolute atomic E-state index is 12.3. The van der Waals surface area contributed by atoms with Gasteiger partial charge in [-0.15, -0.1) is 11.3 Å². The van der Waals surface area contributed by atoms with Crippen LogP contribution in [0.2, 0.25) is 5.02 Å². The van der Waals surface area contributed by atoms with Crippen molar-refractivity contribution in [2.24, 2.45) is 0 Å². The number of rotatable bonds is 3. The van der Waals surface area contributed by atoms with E-state index in [9.17, 15) is 4.79 Å². The first-order chi connectivity index (χ1) is 8.97. The van der Waals surface area contributed by atoms with Crippen LogP contribution in [0, 0.1) is 0 Å². The lowest BCUT2D eigenvalue weighted by molar-refractivity contribution is 0.0785. The zero-order valence-electron chi connectivity index (χ0n) is 10.2. The van der Waals surface area contributed by atoms with Gasteiger partial charge in [-0.05, 0) is 51.1 Å². The highest BCUT2D eigenvalue weighted by atomic mass is 79.9. The van der Waals surface area contributed by atoms with E-state index in [1.54, 1.807) is 41.5 Å². The molecule has 3 nitrogen and oxygen atoms in total. The second-order valence-corrected chi connectivity index (χ2v) is 6.86. The van der Waals surface area contributed by atoms with Crippen LogP contribution in [0.15, 0.2) is 33.4 Å². The van der Waals surface area contributed by atoms with E-state index in [1.807, 2.05) is 11.4 Å². The fourth-order valence-electron chi connectivity index (χ4n) is 1.69. The van der Waals surface area contributed by atoms with E-state index >= 15 is 0 Å². The lowest BCUT2D eigenvalue weighted by Crippen LogP contribution is -2.26. The Morgan fingerprint density at radius 3 is 2.84 bits per heavy atom. The summed E-state index contributed by atoms with van der Waals surface area (Å²) in [5.74, 6) is -0.139. The number of thiophene rings is 1. The molecular weight excluding hydrogens is 348 g/mol. The number of benzene rings is 1. The van der Waals surface area contributed by atoms with Gasteiger partial charge in [0.25, 0.3) is 5.91 Å². The highest BCUT2D eigenvalue weighted by Crippen LogP contribution is 2.24. The monoisotopic (exact) mass is 358 g/mol. The molecule has 1 amide bonds. The van der Waals surface area contributed by atoms with Gasteiger partial charge in [0.1, 0.15) is 0 Å². The van der Waals surface area contributed by atoms with Gasteiger partial charge in [0.15, 0.2) is 0 Å². The maximum atomic E-state index is 12.3. The van der Waals surface area contributed by atoms with Gasteiger partial charge in [-0.1, -0.05) is 11.6 Å². The number of carbonyl (C=O) groups excluding carboxylic acids is 1. The molecule has 2 aromatic rings. The zero-order valence-corrected chi connectivity index (χ0v) is 13.3. The molecule has 0 atom stereocenters. The number of halogens is 2. The van der Waals surface area contributed by atoms with Crippen LogP contribution in [0.25, 0.3) is 0 Å². The van der Waals surface area contributed by atoms with Crippen molar-refractivity contribution in [2.45, 2.75) is 6.54 Å². The molecule has 0 radical (unpaired) electrons. The van der Waals surface area contributed by atoms with Crippen LogP contribution in [0.1, 0.15) is 15.9 Å². The van der Waals surface area contributed by atoms with Gasteiger partial charge in [-0.25, -0.2) is 0 Å². The molecule has 1 heterocycles. The second-order valence-electron chi connectivity index (χ2n) is 4.16. The molecule has 1 aromatic heterocycles. The van der Waals surface area contributed by atoms with E-state index < -0.39 is 0 Å². The number of hydrogen-bond acceptors (Lipinski definition) is 3. The lowest BCUT2D eigenvalue weighted by Gasteiger charge is -2.17. The van der Waals surface area contributed by atoms with Crippen molar-refractivity contribution in [2.75, 3.05) is 12.8 Å². The Kier molecular flexibility index (Phi) is 4.50. The Hall–Kier alpha value is -1.04. The normalized spacial score (nSPS) is 10.5. The van der Waals surface area contributed by atoms with Crippen molar-refractivity contribution in [1.29, 1.82) is 0 Å². The molecule has 0 saturated carbocycles. The highest BCUT2D eigenvalue weighted by molar-refractivity contribution is 9.11. The van der Waals surface area contributed by atoms with Crippen molar-refractivity contribution < 1.29 is 4.79 Å². The fraction of sp³-hybridized carbons (Fsp3) is 0.154. The largest absolute Gasteiger partial charge is 0.399 e. The summed E-state index contributed by atoms with van der Waals surface area (Å²) in [6.07, 6.45) is 0. The summed E-state index contributed by atoms with van der Waals surface area (Å²) < 4.78 is 1.05. The Morgan fingerprint density at radius 1 is 1.47 bits per heavy atom. The average Bonchev–Trinajstić information content (AvgIpc) is 2.77. The predicted octanol–water partition coefficient (Wildman–Crippen LogP) is 4.02. The summed E-state index contributed by atoms with van der Waals surface area (Å²) in [6.45, 7) is 0.534. The van der Waals surface area contributed by atoms with E-state index in [2.05, 4.69) is 15.9 Å². The SMILES string of the molecule is CN(Cc1csc(Br)c1)C(=O)c1cc(N)ccc1Cl. The Bertz CT molecular complexity index is 614. The zero-order chi connectivity index (χ0) is 14.0. The number of nitrogen functional groups attached to an aromatic ring is 1. The molecule has 0 aliphatic rings. The molecule has 100 valence electrons. The summed E-state index contributed by atoms with van der Waals surface area (Å²) in [5.41, 5.74) is 7.72. The average molecular weight is 360 g/mol. The first kappa shape index (κ1) is 14.4. The number of amides is 1. The predicted molar refractivity (Wildman–Crippen MR) is 83.7 cm³/mol. The molecule has 2 N–H and O–H groups in total. The topological polar surface area (TPSA) is 46.3 Å². The minimum Gasteiger partial charge on any atom is -0.399 e. The van der Waals surface area contributed by atoms with Gasteiger partial charge in [-0.3, -0.25) is 4.79 Å². The summed E-state index contributed by atoms with van der Waals surface area (Å²) in [5, 5.41) is 2.42. The Labute approximate surface area is 129 Å².